The van der Waals surface area contributed by atoms with Crippen molar-refractivity contribution in [2.75, 3.05) is 0 Å². The quantitative estimate of drug-likeness (QED) is 0.866. The maximum atomic E-state index is 12.8. The third kappa shape index (κ3) is 2.55. The molecule has 3 heterocycles. The van der Waals surface area contributed by atoms with Gasteiger partial charge in [-0.25, -0.2) is 9.97 Å². The predicted molar refractivity (Wildman–Crippen MR) is 79.4 cm³/mol. The minimum absolute atomic E-state index is 0.132. The Morgan fingerprint density at radius 2 is 2.05 bits per heavy atom. The van der Waals surface area contributed by atoms with Crippen LogP contribution in [0.15, 0.2) is 30.7 Å². The minimum atomic E-state index is -0.132. The lowest BCUT2D eigenvalue weighted by atomic mass is 10.2. The molecule has 0 fully saturated rings. The molecule has 1 amide bonds. The lowest BCUT2D eigenvalue weighted by Gasteiger charge is -2.23. The molecule has 3 rings (SSSR count). The molecule has 2 aromatic rings. The summed E-state index contributed by atoms with van der Waals surface area (Å²) in [6.07, 6.45) is 7.37. The van der Waals surface area contributed by atoms with Crippen LogP contribution in [0.4, 0.5) is 0 Å². The second-order valence-corrected chi connectivity index (χ2v) is 5.36. The van der Waals surface area contributed by atoms with E-state index in [1.165, 1.54) is 0 Å². The first-order valence-corrected chi connectivity index (χ1v) is 7.47. The summed E-state index contributed by atoms with van der Waals surface area (Å²) in [4.78, 5) is 23.5. The lowest BCUT2D eigenvalue weighted by Crippen LogP contribution is -2.33. The van der Waals surface area contributed by atoms with E-state index in [-0.39, 0.29) is 11.9 Å². The highest BCUT2D eigenvalue weighted by atomic mass is 16.2. The molecule has 0 N–H and O–H groups in total. The summed E-state index contributed by atoms with van der Waals surface area (Å²) in [5.74, 6) is 1.00. The highest BCUT2D eigenvalue weighted by Crippen LogP contribution is 2.25. The number of aromatic nitrogens is 3. The Morgan fingerprint density at radius 1 is 1.29 bits per heavy atom. The van der Waals surface area contributed by atoms with Crippen molar-refractivity contribution in [1.82, 2.24) is 19.4 Å². The van der Waals surface area contributed by atoms with Gasteiger partial charge in [-0.15, -0.1) is 0 Å². The van der Waals surface area contributed by atoms with Gasteiger partial charge in [-0.05, 0) is 18.6 Å². The summed E-state index contributed by atoms with van der Waals surface area (Å²) in [6, 6.07) is 3.77. The molecule has 0 aliphatic carbocycles. The molecule has 0 saturated heterocycles. The van der Waals surface area contributed by atoms with Crippen molar-refractivity contribution in [2.24, 2.45) is 0 Å². The molecule has 0 aromatic carbocycles. The van der Waals surface area contributed by atoms with Crippen molar-refractivity contribution in [1.29, 1.82) is 0 Å². The van der Waals surface area contributed by atoms with Crippen LogP contribution < -0.4 is 0 Å². The predicted octanol–water partition coefficient (Wildman–Crippen LogP) is 2.33. The summed E-state index contributed by atoms with van der Waals surface area (Å²) < 4.78 is 1.98. The van der Waals surface area contributed by atoms with E-state index >= 15 is 0 Å². The summed E-state index contributed by atoms with van der Waals surface area (Å²) in [6.45, 7) is 5.30. The Hall–Kier alpha value is -2.17. The molecule has 0 saturated carbocycles. The average Bonchev–Trinajstić information content (AvgIpc) is 3.16. The summed E-state index contributed by atoms with van der Waals surface area (Å²) in [5.41, 5.74) is 2.07. The van der Waals surface area contributed by atoms with Crippen molar-refractivity contribution in [2.45, 2.75) is 45.8 Å². The standard InChI is InChI=1S/C16H20N4O/c1-3-14(19-7-5-6-8-19)16(21)20-10-12-9-17-15(4-2)18-13(12)11-20/h5-9,14H,3-4,10-11H2,1-2H3/t14-/m1/s1. The highest BCUT2D eigenvalue weighted by Gasteiger charge is 2.29. The van der Waals surface area contributed by atoms with Crippen molar-refractivity contribution in [3.8, 4) is 0 Å². The van der Waals surface area contributed by atoms with Crippen molar-refractivity contribution < 1.29 is 4.79 Å². The Bertz CT molecular complexity index is 636. The number of hydrogen-bond acceptors (Lipinski definition) is 3. The second kappa shape index (κ2) is 5.68. The molecule has 0 bridgehead atoms. The molecule has 1 aliphatic rings. The zero-order valence-corrected chi connectivity index (χ0v) is 12.5. The molecular weight excluding hydrogens is 264 g/mol. The topological polar surface area (TPSA) is 51.0 Å². The van der Waals surface area contributed by atoms with Gasteiger partial charge in [-0.1, -0.05) is 13.8 Å². The van der Waals surface area contributed by atoms with Crippen LogP contribution in [0.5, 0.6) is 0 Å². The van der Waals surface area contributed by atoms with Crippen LogP contribution in [0.25, 0.3) is 0 Å². The number of rotatable bonds is 4. The van der Waals surface area contributed by atoms with Gasteiger partial charge in [-0.2, -0.15) is 0 Å². The van der Waals surface area contributed by atoms with Crippen LogP contribution in [0.2, 0.25) is 0 Å². The smallest absolute Gasteiger partial charge is 0.246 e. The minimum Gasteiger partial charge on any atom is -0.342 e. The van der Waals surface area contributed by atoms with E-state index in [2.05, 4.69) is 9.97 Å². The van der Waals surface area contributed by atoms with E-state index in [9.17, 15) is 4.79 Å². The monoisotopic (exact) mass is 284 g/mol. The molecule has 1 aliphatic heterocycles. The molecule has 0 unspecified atom stereocenters. The molecule has 5 nitrogen and oxygen atoms in total. The lowest BCUT2D eigenvalue weighted by molar-refractivity contribution is -0.135. The van der Waals surface area contributed by atoms with Gasteiger partial charge in [0.25, 0.3) is 0 Å². The number of fused-ring (bicyclic) bond motifs is 1. The zero-order valence-electron chi connectivity index (χ0n) is 12.5. The molecule has 21 heavy (non-hydrogen) atoms. The van der Waals surface area contributed by atoms with Crippen LogP contribution in [-0.4, -0.2) is 25.3 Å². The number of carbonyl (C=O) groups is 1. The van der Waals surface area contributed by atoms with E-state index in [0.29, 0.717) is 13.1 Å². The SMILES string of the molecule is CCc1ncc2c(n1)CN(C(=O)[C@@H](CC)n1cccc1)C2. The molecular formula is C16H20N4O. The molecule has 2 aromatic heterocycles. The Balaban J connectivity index is 1.78. The summed E-state index contributed by atoms with van der Waals surface area (Å²) >= 11 is 0. The van der Waals surface area contributed by atoms with Crippen LogP contribution in [0, 0.1) is 0 Å². The number of amides is 1. The van der Waals surface area contributed by atoms with Crippen molar-refractivity contribution in [3.63, 3.8) is 0 Å². The third-order valence-corrected chi connectivity index (χ3v) is 3.99. The highest BCUT2D eigenvalue weighted by molar-refractivity contribution is 5.81. The van der Waals surface area contributed by atoms with Crippen LogP contribution in [-0.2, 0) is 24.3 Å². The molecule has 0 spiro atoms. The van der Waals surface area contributed by atoms with Gasteiger partial charge < -0.3 is 9.47 Å². The molecule has 110 valence electrons. The maximum Gasteiger partial charge on any atom is 0.246 e. The van der Waals surface area contributed by atoms with Gasteiger partial charge in [0.1, 0.15) is 11.9 Å². The second-order valence-electron chi connectivity index (χ2n) is 5.36. The van der Waals surface area contributed by atoms with Gasteiger partial charge in [0.15, 0.2) is 0 Å². The average molecular weight is 284 g/mol. The number of carbonyl (C=O) groups excluding carboxylic acids is 1. The fraction of sp³-hybridized carbons (Fsp3) is 0.438. The summed E-state index contributed by atoms with van der Waals surface area (Å²) in [7, 11) is 0. The van der Waals surface area contributed by atoms with Gasteiger partial charge >= 0.3 is 0 Å². The summed E-state index contributed by atoms with van der Waals surface area (Å²) in [5, 5.41) is 0. The Kier molecular flexibility index (Phi) is 3.73. The fourth-order valence-electron chi connectivity index (χ4n) is 2.80. The molecule has 0 radical (unpaired) electrons. The number of aryl methyl sites for hydroxylation is 1. The van der Waals surface area contributed by atoms with Crippen LogP contribution in [0.1, 0.15) is 43.4 Å². The largest absolute Gasteiger partial charge is 0.342 e. The first-order chi connectivity index (χ1) is 10.2. The first kappa shape index (κ1) is 13.8. The Labute approximate surface area is 124 Å². The van der Waals surface area contributed by atoms with Gasteiger partial charge in [0, 0.05) is 37.1 Å². The maximum absolute atomic E-state index is 12.8. The Morgan fingerprint density at radius 3 is 2.71 bits per heavy atom. The van der Waals surface area contributed by atoms with Crippen molar-refractivity contribution >= 4 is 5.91 Å². The van der Waals surface area contributed by atoms with Crippen LogP contribution >= 0.6 is 0 Å². The van der Waals surface area contributed by atoms with E-state index in [1.807, 2.05) is 54.0 Å². The van der Waals surface area contributed by atoms with Gasteiger partial charge in [-0.3, -0.25) is 4.79 Å². The fourth-order valence-corrected chi connectivity index (χ4v) is 2.80. The normalized spacial score (nSPS) is 15.0. The van der Waals surface area contributed by atoms with Gasteiger partial charge in [0.2, 0.25) is 5.91 Å². The number of hydrogen-bond donors (Lipinski definition) is 0. The molecule has 5 heteroatoms. The first-order valence-electron chi connectivity index (χ1n) is 7.47. The van der Waals surface area contributed by atoms with Crippen LogP contribution in [0.3, 0.4) is 0 Å². The van der Waals surface area contributed by atoms with E-state index in [0.717, 1.165) is 29.9 Å². The molecule has 1 atom stereocenters. The third-order valence-electron chi connectivity index (χ3n) is 3.99. The van der Waals surface area contributed by atoms with E-state index < -0.39 is 0 Å². The van der Waals surface area contributed by atoms with E-state index in [1.54, 1.807) is 0 Å². The van der Waals surface area contributed by atoms with Crippen molar-refractivity contribution in [3.05, 3.63) is 47.8 Å². The zero-order chi connectivity index (χ0) is 14.8. The van der Waals surface area contributed by atoms with E-state index in [4.69, 9.17) is 0 Å². The number of nitrogens with zero attached hydrogens (tertiary/aromatic N) is 4. The van der Waals surface area contributed by atoms with Gasteiger partial charge in [0.05, 0.1) is 12.2 Å².